The van der Waals surface area contributed by atoms with Crippen molar-refractivity contribution in [2.45, 2.75) is 65.0 Å². The van der Waals surface area contributed by atoms with Gasteiger partial charge in [0.2, 0.25) is 0 Å². The van der Waals surface area contributed by atoms with Gasteiger partial charge in [-0.1, -0.05) is 6.92 Å². The average Bonchev–Trinajstić information content (AvgIpc) is 2.54. The second-order valence-electron chi connectivity index (χ2n) is 6.46. The monoisotopic (exact) mass is 270 g/mol. The van der Waals surface area contributed by atoms with Gasteiger partial charge in [0.05, 0.1) is 0 Å². The Kier molecular flexibility index (Phi) is 6.11. The zero-order valence-electron chi connectivity index (χ0n) is 13.2. The van der Waals surface area contributed by atoms with Gasteiger partial charge in [0.25, 0.3) is 0 Å². The van der Waals surface area contributed by atoms with Gasteiger partial charge in [0.15, 0.2) is 0 Å². The maximum absolute atomic E-state index is 12.1. The standard InChI is InChI=1S/C15H30N2O2/c1-6-13(16-5)12-8-7-10-17(11-9-12)14(18)19-15(2,3)4/h12-13,16H,6-11H2,1-5H3. The predicted molar refractivity (Wildman–Crippen MR) is 78.3 cm³/mol. The lowest BCUT2D eigenvalue weighted by molar-refractivity contribution is 0.0254. The van der Waals surface area contributed by atoms with E-state index in [4.69, 9.17) is 4.74 Å². The Hall–Kier alpha value is -0.770. The molecule has 0 radical (unpaired) electrons. The normalized spacial score (nSPS) is 22.8. The highest BCUT2D eigenvalue weighted by Crippen LogP contribution is 2.23. The predicted octanol–water partition coefficient (Wildman–Crippen LogP) is 3.02. The van der Waals surface area contributed by atoms with Gasteiger partial charge >= 0.3 is 6.09 Å². The van der Waals surface area contributed by atoms with Crippen molar-refractivity contribution >= 4 is 6.09 Å². The van der Waals surface area contributed by atoms with E-state index in [1.165, 1.54) is 6.42 Å². The summed E-state index contributed by atoms with van der Waals surface area (Å²) in [5, 5.41) is 3.40. The number of carbonyl (C=O) groups excluding carboxylic acids is 1. The van der Waals surface area contributed by atoms with Crippen molar-refractivity contribution in [2.24, 2.45) is 5.92 Å². The van der Waals surface area contributed by atoms with Crippen LogP contribution < -0.4 is 5.32 Å². The number of hydrogen-bond acceptors (Lipinski definition) is 3. The van der Waals surface area contributed by atoms with Gasteiger partial charge in [-0.3, -0.25) is 0 Å². The quantitative estimate of drug-likeness (QED) is 0.857. The molecule has 4 nitrogen and oxygen atoms in total. The molecule has 0 bridgehead atoms. The van der Waals surface area contributed by atoms with E-state index in [9.17, 15) is 4.79 Å². The zero-order chi connectivity index (χ0) is 14.5. The van der Waals surface area contributed by atoms with Gasteiger partial charge in [0.1, 0.15) is 5.60 Å². The molecule has 1 amide bonds. The summed E-state index contributed by atoms with van der Waals surface area (Å²) in [7, 11) is 2.03. The molecule has 1 aliphatic rings. The topological polar surface area (TPSA) is 41.6 Å². The molecule has 1 heterocycles. The number of amides is 1. The van der Waals surface area contributed by atoms with E-state index in [0.29, 0.717) is 12.0 Å². The second kappa shape index (κ2) is 7.13. The van der Waals surface area contributed by atoms with Gasteiger partial charge in [-0.2, -0.15) is 0 Å². The van der Waals surface area contributed by atoms with Crippen molar-refractivity contribution in [1.82, 2.24) is 10.2 Å². The Morgan fingerprint density at radius 1 is 1.37 bits per heavy atom. The highest BCUT2D eigenvalue weighted by atomic mass is 16.6. The minimum Gasteiger partial charge on any atom is -0.444 e. The van der Waals surface area contributed by atoms with E-state index < -0.39 is 5.60 Å². The third-order valence-corrected chi connectivity index (χ3v) is 3.80. The molecule has 0 aromatic heterocycles. The summed E-state index contributed by atoms with van der Waals surface area (Å²) >= 11 is 0. The van der Waals surface area contributed by atoms with Crippen LogP contribution in [0.1, 0.15) is 53.4 Å². The summed E-state index contributed by atoms with van der Waals surface area (Å²) < 4.78 is 5.45. The minimum atomic E-state index is -0.403. The average molecular weight is 270 g/mol. The Bertz CT molecular complexity index is 282. The number of carbonyl (C=O) groups is 1. The van der Waals surface area contributed by atoms with Crippen molar-refractivity contribution in [1.29, 1.82) is 0 Å². The van der Waals surface area contributed by atoms with E-state index in [1.54, 1.807) is 0 Å². The van der Waals surface area contributed by atoms with Crippen LogP contribution in [0.2, 0.25) is 0 Å². The van der Waals surface area contributed by atoms with Crippen LogP contribution in [-0.2, 0) is 4.74 Å². The minimum absolute atomic E-state index is 0.161. The van der Waals surface area contributed by atoms with Gasteiger partial charge in [-0.05, 0) is 59.4 Å². The van der Waals surface area contributed by atoms with Crippen LogP contribution in [0, 0.1) is 5.92 Å². The molecule has 1 N–H and O–H groups in total. The van der Waals surface area contributed by atoms with Crippen molar-refractivity contribution in [3.8, 4) is 0 Å². The molecule has 19 heavy (non-hydrogen) atoms. The number of likely N-dealkylation sites (tertiary alicyclic amines) is 1. The van der Waals surface area contributed by atoms with Crippen LogP contribution in [0.4, 0.5) is 4.79 Å². The van der Waals surface area contributed by atoms with Crippen LogP contribution in [-0.4, -0.2) is 42.8 Å². The fourth-order valence-corrected chi connectivity index (χ4v) is 2.81. The molecule has 0 aliphatic carbocycles. The molecule has 1 aliphatic heterocycles. The molecular formula is C15H30N2O2. The third kappa shape index (κ3) is 5.39. The lowest BCUT2D eigenvalue weighted by atomic mass is 9.91. The molecular weight excluding hydrogens is 240 g/mol. The van der Waals surface area contributed by atoms with Crippen LogP contribution >= 0.6 is 0 Å². The van der Waals surface area contributed by atoms with Gasteiger partial charge in [-0.25, -0.2) is 4.79 Å². The van der Waals surface area contributed by atoms with Crippen molar-refractivity contribution < 1.29 is 9.53 Å². The fraction of sp³-hybridized carbons (Fsp3) is 0.933. The van der Waals surface area contributed by atoms with Crippen LogP contribution in [0.5, 0.6) is 0 Å². The molecule has 2 unspecified atom stereocenters. The highest BCUT2D eigenvalue weighted by molar-refractivity contribution is 5.68. The zero-order valence-corrected chi connectivity index (χ0v) is 13.2. The van der Waals surface area contributed by atoms with Crippen molar-refractivity contribution in [3.63, 3.8) is 0 Å². The van der Waals surface area contributed by atoms with Crippen LogP contribution in [0.15, 0.2) is 0 Å². The maximum Gasteiger partial charge on any atom is 0.410 e. The summed E-state index contributed by atoms with van der Waals surface area (Å²) in [6, 6.07) is 0.568. The van der Waals surface area contributed by atoms with E-state index in [-0.39, 0.29) is 6.09 Å². The smallest absolute Gasteiger partial charge is 0.410 e. The summed E-state index contributed by atoms with van der Waals surface area (Å²) in [5.41, 5.74) is -0.403. The lowest BCUT2D eigenvalue weighted by Crippen LogP contribution is -2.38. The first-order chi connectivity index (χ1) is 8.87. The Morgan fingerprint density at radius 3 is 2.58 bits per heavy atom. The van der Waals surface area contributed by atoms with Crippen molar-refractivity contribution in [3.05, 3.63) is 0 Å². The Balaban J connectivity index is 2.52. The first-order valence-corrected chi connectivity index (χ1v) is 7.52. The SMILES string of the molecule is CCC(NC)C1CCCN(C(=O)OC(C)(C)C)CC1. The second-order valence-corrected chi connectivity index (χ2v) is 6.46. The highest BCUT2D eigenvalue weighted by Gasteiger charge is 2.27. The Morgan fingerprint density at radius 2 is 2.05 bits per heavy atom. The molecule has 0 aromatic rings. The molecule has 0 aromatic carbocycles. The summed E-state index contributed by atoms with van der Waals surface area (Å²) in [6.45, 7) is 9.61. The molecule has 1 saturated heterocycles. The molecule has 112 valence electrons. The number of ether oxygens (including phenoxy) is 1. The largest absolute Gasteiger partial charge is 0.444 e. The van der Waals surface area contributed by atoms with Crippen molar-refractivity contribution in [2.75, 3.05) is 20.1 Å². The summed E-state index contributed by atoms with van der Waals surface area (Å²) in [4.78, 5) is 13.9. The molecule has 1 rings (SSSR count). The first kappa shape index (κ1) is 16.3. The van der Waals surface area contributed by atoms with Gasteiger partial charge in [-0.15, -0.1) is 0 Å². The van der Waals surface area contributed by atoms with E-state index >= 15 is 0 Å². The third-order valence-electron chi connectivity index (χ3n) is 3.80. The fourth-order valence-electron chi connectivity index (χ4n) is 2.81. The molecule has 1 fully saturated rings. The van der Waals surface area contributed by atoms with E-state index in [1.807, 2.05) is 32.7 Å². The molecule has 0 spiro atoms. The number of nitrogens with one attached hydrogen (secondary N) is 1. The van der Waals surface area contributed by atoms with Crippen LogP contribution in [0.3, 0.4) is 0 Å². The number of rotatable bonds is 3. The van der Waals surface area contributed by atoms with Gasteiger partial charge < -0.3 is 15.0 Å². The van der Waals surface area contributed by atoms with E-state index in [2.05, 4.69) is 12.2 Å². The first-order valence-electron chi connectivity index (χ1n) is 7.52. The molecule has 4 heteroatoms. The molecule has 0 saturated carbocycles. The van der Waals surface area contributed by atoms with Crippen LogP contribution in [0.25, 0.3) is 0 Å². The summed E-state index contributed by atoms with van der Waals surface area (Å²) in [5.74, 6) is 0.669. The number of nitrogens with zero attached hydrogens (tertiary/aromatic N) is 1. The molecule has 2 atom stereocenters. The summed E-state index contributed by atoms with van der Waals surface area (Å²) in [6.07, 6.45) is 4.32. The lowest BCUT2D eigenvalue weighted by Gasteiger charge is -2.27. The maximum atomic E-state index is 12.1. The number of hydrogen-bond donors (Lipinski definition) is 1. The Labute approximate surface area is 117 Å². The van der Waals surface area contributed by atoms with Gasteiger partial charge in [0, 0.05) is 19.1 Å². The van der Waals surface area contributed by atoms with E-state index in [0.717, 1.165) is 32.4 Å².